The Hall–Kier alpha value is -3.41. The summed E-state index contributed by atoms with van der Waals surface area (Å²) in [6, 6.07) is 14.3. The van der Waals surface area contributed by atoms with Crippen molar-refractivity contribution in [2.24, 2.45) is 5.41 Å². The summed E-state index contributed by atoms with van der Waals surface area (Å²) in [5.74, 6) is 0.781. The van der Waals surface area contributed by atoms with Crippen LogP contribution in [0.2, 0.25) is 0 Å². The topological polar surface area (TPSA) is 64.6 Å². The molecule has 0 bridgehead atoms. The maximum Gasteiger partial charge on any atom is 0.310 e. The van der Waals surface area contributed by atoms with Gasteiger partial charge in [0.05, 0.1) is 36.7 Å². The first-order chi connectivity index (χ1) is 18.1. The molecule has 1 aromatic carbocycles. The molecular weight excluding hydrogens is 474 g/mol. The van der Waals surface area contributed by atoms with Gasteiger partial charge in [-0.3, -0.25) is 14.8 Å². The second-order valence-electron chi connectivity index (χ2n) is 11.5. The maximum absolute atomic E-state index is 12.7. The van der Waals surface area contributed by atoms with Gasteiger partial charge in [0.25, 0.3) is 0 Å². The Labute approximate surface area is 227 Å². The van der Waals surface area contributed by atoms with Crippen LogP contribution in [-0.2, 0) is 16.0 Å². The fraction of sp³-hybridized carbons (Fsp3) is 0.469. The molecule has 1 fully saturated rings. The van der Waals surface area contributed by atoms with E-state index >= 15 is 0 Å². The summed E-state index contributed by atoms with van der Waals surface area (Å²) in [5.41, 5.74) is 6.14. The van der Waals surface area contributed by atoms with Gasteiger partial charge in [0.1, 0.15) is 5.75 Å². The van der Waals surface area contributed by atoms with Crippen molar-refractivity contribution in [3.8, 4) is 17.0 Å². The zero-order valence-corrected chi connectivity index (χ0v) is 23.7. The Balaban J connectivity index is 1.61. The molecule has 1 saturated heterocycles. The van der Waals surface area contributed by atoms with Crippen molar-refractivity contribution in [1.82, 2.24) is 9.97 Å². The van der Waals surface area contributed by atoms with E-state index in [9.17, 15) is 4.79 Å². The summed E-state index contributed by atoms with van der Waals surface area (Å²) in [6.07, 6.45) is 5.88. The van der Waals surface area contributed by atoms with Gasteiger partial charge in [-0.1, -0.05) is 51.1 Å². The van der Waals surface area contributed by atoms with E-state index < -0.39 is 0 Å². The van der Waals surface area contributed by atoms with Crippen LogP contribution in [0.5, 0.6) is 5.75 Å². The van der Waals surface area contributed by atoms with Gasteiger partial charge < -0.3 is 14.4 Å². The number of ether oxygens (including phenoxy) is 2. The minimum absolute atomic E-state index is 0.156. The number of hydrogen-bond donors (Lipinski definition) is 0. The molecule has 0 amide bonds. The minimum atomic E-state index is -0.232. The lowest BCUT2D eigenvalue weighted by Crippen LogP contribution is -2.38. The third kappa shape index (κ3) is 6.91. The molecule has 1 aliphatic rings. The van der Waals surface area contributed by atoms with Gasteiger partial charge in [-0.05, 0) is 56.7 Å². The van der Waals surface area contributed by atoms with E-state index in [2.05, 4.69) is 54.9 Å². The number of nitrogens with zero attached hydrogens (tertiary/aromatic N) is 3. The molecule has 0 saturated carbocycles. The van der Waals surface area contributed by atoms with E-state index in [-0.39, 0.29) is 24.4 Å². The summed E-state index contributed by atoms with van der Waals surface area (Å²) in [7, 11) is 0. The Morgan fingerprint density at radius 1 is 1.00 bits per heavy atom. The number of esters is 1. The Kier molecular flexibility index (Phi) is 8.70. The third-order valence-corrected chi connectivity index (χ3v) is 7.37. The molecule has 202 valence electrons. The first-order valence-electron chi connectivity index (χ1n) is 13.7. The van der Waals surface area contributed by atoms with Crippen molar-refractivity contribution in [3.63, 3.8) is 0 Å². The molecule has 4 rings (SSSR count). The number of rotatable bonds is 9. The molecule has 3 heterocycles. The van der Waals surface area contributed by atoms with Gasteiger partial charge in [-0.2, -0.15) is 0 Å². The molecule has 1 atom stereocenters. The lowest BCUT2D eigenvalue weighted by Gasteiger charge is -2.40. The largest absolute Gasteiger partial charge is 0.491 e. The molecule has 2 aromatic heterocycles. The predicted octanol–water partition coefficient (Wildman–Crippen LogP) is 6.76. The quantitative estimate of drug-likeness (QED) is 0.294. The van der Waals surface area contributed by atoms with Gasteiger partial charge in [0.2, 0.25) is 0 Å². The highest BCUT2D eigenvalue weighted by molar-refractivity contribution is 5.84. The predicted molar refractivity (Wildman–Crippen MR) is 153 cm³/mol. The molecule has 0 unspecified atom stereocenters. The third-order valence-electron chi connectivity index (χ3n) is 7.37. The van der Waals surface area contributed by atoms with Crippen LogP contribution in [0.1, 0.15) is 70.2 Å². The first kappa shape index (κ1) is 27.6. The summed E-state index contributed by atoms with van der Waals surface area (Å²) >= 11 is 0. The van der Waals surface area contributed by atoms with Gasteiger partial charge in [0.15, 0.2) is 0 Å². The van der Waals surface area contributed by atoms with Crippen molar-refractivity contribution in [3.05, 3.63) is 71.7 Å². The van der Waals surface area contributed by atoms with Gasteiger partial charge in [-0.15, -0.1) is 0 Å². The van der Waals surface area contributed by atoms with E-state index in [1.54, 1.807) is 6.20 Å². The van der Waals surface area contributed by atoms with E-state index in [0.717, 1.165) is 59.9 Å². The average Bonchev–Trinajstić information content (AvgIpc) is 2.89. The average molecular weight is 516 g/mol. The Bertz CT molecular complexity index is 1210. The fourth-order valence-electron chi connectivity index (χ4n) is 4.90. The number of carbonyl (C=O) groups excluding carboxylic acids is 1. The number of hydrogen-bond acceptors (Lipinski definition) is 6. The lowest BCUT2D eigenvalue weighted by atomic mass is 9.82. The smallest absolute Gasteiger partial charge is 0.310 e. The second kappa shape index (κ2) is 12.0. The first-order valence-corrected chi connectivity index (χ1v) is 13.7. The molecule has 0 spiro atoms. The normalized spacial score (nSPS) is 15.8. The summed E-state index contributed by atoms with van der Waals surface area (Å²) in [5, 5.41) is 0. The van der Waals surface area contributed by atoms with Gasteiger partial charge in [-0.25, -0.2) is 0 Å². The molecule has 6 nitrogen and oxygen atoms in total. The van der Waals surface area contributed by atoms with Crippen LogP contribution in [-0.4, -0.2) is 41.7 Å². The van der Waals surface area contributed by atoms with Crippen LogP contribution in [0, 0.1) is 12.3 Å². The number of pyridine rings is 2. The SMILES string of the molecule is Cc1ncc(-c2ccc(OC[C@H](C)c3ccccc3)cn2)c(N2CCC(C)(C)CC2)c1CC(=O)OC(C)C. The van der Waals surface area contributed by atoms with E-state index in [1.165, 1.54) is 5.56 Å². The number of piperidine rings is 1. The van der Waals surface area contributed by atoms with Crippen molar-refractivity contribution < 1.29 is 14.3 Å². The number of benzene rings is 1. The summed E-state index contributed by atoms with van der Waals surface area (Å²) in [6.45, 7) is 15.0. The number of aryl methyl sites for hydroxylation is 1. The Morgan fingerprint density at radius 3 is 2.34 bits per heavy atom. The maximum atomic E-state index is 12.7. The van der Waals surface area contributed by atoms with E-state index in [0.29, 0.717) is 12.0 Å². The van der Waals surface area contributed by atoms with Gasteiger partial charge >= 0.3 is 5.97 Å². The van der Waals surface area contributed by atoms with Crippen molar-refractivity contribution in [1.29, 1.82) is 0 Å². The van der Waals surface area contributed by atoms with Crippen molar-refractivity contribution in [2.45, 2.75) is 72.8 Å². The molecular formula is C32H41N3O3. The number of anilines is 1. The number of aromatic nitrogens is 2. The van der Waals surface area contributed by atoms with Crippen LogP contribution < -0.4 is 9.64 Å². The number of carbonyl (C=O) groups is 1. The van der Waals surface area contributed by atoms with Crippen LogP contribution >= 0.6 is 0 Å². The summed E-state index contributed by atoms with van der Waals surface area (Å²) in [4.78, 5) is 24.6. The highest BCUT2D eigenvalue weighted by Crippen LogP contribution is 2.39. The summed E-state index contributed by atoms with van der Waals surface area (Å²) < 4.78 is 11.6. The van der Waals surface area contributed by atoms with Crippen LogP contribution in [0.15, 0.2) is 54.9 Å². The highest BCUT2D eigenvalue weighted by atomic mass is 16.5. The fourth-order valence-corrected chi connectivity index (χ4v) is 4.90. The molecule has 0 N–H and O–H groups in total. The molecule has 0 radical (unpaired) electrons. The zero-order valence-electron chi connectivity index (χ0n) is 23.7. The Morgan fingerprint density at radius 2 is 1.71 bits per heavy atom. The van der Waals surface area contributed by atoms with Crippen molar-refractivity contribution >= 4 is 11.7 Å². The molecule has 1 aliphatic heterocycles. The molecule has 0 aliphatic carbocycles. The standard InChI is InChI=1S/C32H41N3O3/c1-22(2)38-30(36)18-27-24(4)33-20-28(31(27)35-16-14-32(5,6)15-17-35)29-13-12-26(19-34-29)37-21-23(3)25-10-8-7-9-11-25/h7-13,19-20,22-23H,14-18,21H2,1-6H3/t23-/m0/s1. The van der Waals surface area contributed by atoms with Crippen molar-refractivity contribution in [2.75, 3.05) is 24.6 Å². The molecule has 3 aromatic rings. The van der Waals surface area contributed by atoms with Crippen LogP contribution in [0.3, 0.4) is 0 Å². The van der Waals surface area contributed by atoms with Crippen LogP contribution in [0.25, 0.3) is 11.3 Å². The second-order valence-corrected chi connectivity index (χ2v) is 11.5. The van der Waals surface area contributed by atoms with E-state index in [4.69, 9.17) is 14.5 Å². The monoisotopic (exact) mass is 515 g/mol. The van der Waals surface area contributed by atoms with Crippen LogP contribution in [0.4, 0.5) is 5.69 Å². The molecule has 38 heavy (non-hydrogen) atoms. The van der Waals surface area contributed by atoms with E-state index in [1.807, 2.05) is 45.2 Å². The minimum Gasteiger partial charge on any atom is -0.491 e. The zero-order chi connectivity index (χ0) is 27.3. The highest BCUT2D eigenvalue weighted by Gasteiger charge is 2.30. The molecule has 6 heteroatoms. The van der Waals surface area contributed by atoms with Gasteiger partial charge in [0, 0.05) is 42.0 Å². The lowest BCUT2D eigenvalue weighted by molar-refractivity contribution is -0.146.